The maximum atomic E-state index is 3.73. The van der Waals surface area contributed by atoms with Gasteiger partial charge in [-0.05, 0) is 52.3 Å². The standard InChI is InChI=1S/C15H24.C2H7N/c1-4-7-8-9-10-11-14-15(12-5-2)13-6-3;1-3-2/h4-6,12-13H,1-2,7-11,14H2,3H3;3H,1-2H3/b13-6-,15-12+;. The van der Waals surface area contributed by atoms with Gasteiger partial charge in [0.05, 0.1) is 0 Å². The molecular formula is C17H31N. The van der Waals surface area contributed by atoms with Gasteiger partial charge in [-0.1, -0.05) is 49.8 Å². The number of nitrogens with one attached hydrogen (secondary N) is 1. The Balaban J connectivity index is 0. The van der Waals surface area contributed by atoms with Gasteiger partial charge in [0, 0.05) is 0 Å². The highest BCUT2D eigenvalue weighted by atomic mass is 14.7. The van der Waals surface area contributed by atoms with Crippen molar-refractivity contribution in [2.75, 3.05) is 14.1 Å². The van der Waals surface area contributed by atoms with Crippen LogP contribution in [0, 0.1) is 0 Å². The Morgan fingerprint density at radius 3 is 2.17 bits per heavy atom. The maximum absolute atomic E-state index is 3.73. The van der Waals surface area contributed by atoms with Crippen LogP contribution in [-0.4, -0.2) is 14.1 Å². The van der Waals surface area contributed by atoms with Crippen LogP contribution in [0.4, 0.5) is 0 Å². The lowest BCUT2D eigenvalue weighted by Crippen LogP contribution is -1.89. The molecule has 0 saturated heterocycles. The van der Waals surface area contributed by atoms with E-state index in [4.69, 9.17) is 0 Å². The van der Waals surface area contributed by atoms with Gasteiger partial charge in [0.15, 0.2) is 0 Å². The van der Waals surface area contributed by atoms with Gasteiger partial charge in [-0.15, -0.1) is 6.58 Å². The molecule has 0 aromatic rings. The largest absolute Gasteiger partial charge is 0.323 e. The number of allylic oxidation sites excluding steroid dienone is 6. The predicted octanol–water partition coefficient (Wildman–Crippen LogP) is 5.04. The minimum absolute atomic E-state index is 1.16. The Labute approximate surface area is 114 Å². The molecule has 0 amide bonds. The van der Waals surface area contributed by atoms with Crippen molar-refractivity contribution in [2.45, 2.75) is 45.4 Å². The molecule has 0 aliphatic rings. The quantitative estimate of drug-likeness (QED) is 0.343. The molecule has 18 heavy (non-hydrogen) atoms. The summed E-state index contributed by atoms with van der Waals surface area (Å²) in [4.78, 5) is 0. The lowest BCUT2D eigenvalue weighted by atomic mass is 10.0. The molecule has 0 rings (SSSR count). The Hall–Kier alpha value is -1.08. The van der Waals surface area contributed by atoms with Crippen LogP contribution in [0.5, 0.6) is 0 Å². The molecule has 1 nitrogen and oxygen atoms in total. The lowest BCUT2D eigenvalue weighted by Gasteiger charge is -2.01. The van der Waals surface area contributed by atoms with E-state index < -0.39 is 0 Å². The minimum atomic E-state index is 1.16. The number of rotatable bonds is 9. The van der Waals surface area contributed by atoms with Gasteiger partial charge in [0.25, 0.3) is 0 Å². The van der Waals surface area contributed by atoms with Gasteiger partial charge in [0.2, 0.25) is 0 Å². The summed E-state index contributed by atoms with van der Waals surface area (Å²) in [6.45, 7) is 9.51. The van der Waals surface area contributed by atoms with E-state index in [1.807, 2.05) is 26.2 Å². The van der Waals surface area contributed by atoms with E-state index in [1.54, 1.807) is 0 Å². The zero-order valence-electron chi connectivity index (χ0n) is 12.5. The van der Waals surface area contributed by atoms with Crippen LogP contribution in [0.15, 0.2) is 49.1 Å². The first kappa shape index (κ1) is 19.3. The van der Waals surface area contributed by atoms with Crippen molar-refractivity contribution >= 4 is 0 Å². The second-order valence-electron chi connectivity index (χ2n) is 4.22. The van der Waals surface area contributed by atoms with Crippen molar-refractivity contribution < 1.29 is 0 Å². The first-order valence-electron chi connectivity index (χ1n) is 6.90. The summed E-state index contributed by atoms with van der Waals surface area (Å²) in [6, 6.07) is 0. The topological polar surface area (TPSA) is 12.0 Å². The van der Waals surface area contributed by atoms with Gasteiger partial charge >= 0.3 is 0 Å². The molecule has 0 aromatic heterocycles. The van der Waals surface area contributed by atoms with Gasteiger partial charge in [0.1, 0.15) is 0 Å². The van der Waals surface area contributed by atoms with E-state index in [1.165, 1.54) is 37.7 Å². The van der Waals surface area contributed by atoms with Crippen LogP contribution in [0.25, 0.3) is 0 Å². The molecule has 0 radical (unpaired) electrons. The molecule has 0 unspecified atom stereocenters. The third-order valence-corrected chi connectivity index (χ3v) is 2.34. The summed E-state index contributed by atoms with van der Waals surface area (Å²) in [6.07, 6.45) is 17.8. The second kappa shape index (κ2) is 18.3. The average molecular weight is 249 g/mol. The summed E-state index contributed by atoms with van der Waals surface area (Å²) >= 11 is 0. The van der Waals surface area contributed by atoms with Crippen molar-refractivity contribution in [3.05, 3.63) is 49.1 Å². The van der Waals surface area contributed by atoms with Gasteiger partial charge in [-0.25, -0.2) is 0 Å². The van der Waals surface area contributed by atoms with Crippen LogP contribution in [0.1, 0.15) is 45.4 Å². The molecule has 0 atom stereocenters. The molecule has 0 spiro atoms. The van der Waals surface area contributed by atoms with E-state index in [9.17, 15) is 0 Å². The second-order valence-corrected chi connectivity index (χ2v) is 4.22. The van der Waals surface area contributed by atoms with Gasteiger partial charge in [-0.3, -0.25) is 0 Å². The Morgan fingerprint density at radius 1 is 1.06 bits per heavy atom. The van der Waals surface area contributed by atoms with Crippen LogP contribution >= 0.6 is 0 Å². The molecule has 1 N–H and O–H groups in total. The van der Waals surface area contributed by atoms with Crippen LogP contribution in [0.2, 0.25) is 0 Å². The minimum Gasteiger partial charge on any atom is -0.323 e. The van der Waals surface area contributed by atoms with Crippen molar-refractivity contribution in [3.8, 4) is 0 Å². The van der Waals surface area contributed by atoms with Crippen LogP contribution < -0.4 is 5.32 Å². The van der Waals surface area contributed by atoms with Crippen LogP contribution in [-0.2, 0) is 0 Å². The smallest absolute Gasteiger partial charge is 0.0167 e. The molecule has 0 fully saturated rings. The molecular weight excluding hydrogens is 218 g/mol. The molecule has 104 valence electrons. The van der Waals surface area contributed by atoms with Crippen molar-refractivity contribution in [1.82, 2.24) is 5.32 Å². The predicted molar refractivity (Wildman–Crippen MR) is 86.0 cm³/mol. The fraction of sp³-hybridized carbons (Fsp3) is 0.529. The van der Waals surface area contributed by atoms with Crippen LogP contribution in [0.3, 0.4) is 0 Å². The number of hydrogen-bond donors (Lipinski definition) is 1. The lowest BCUT2D eigenvalue weighted by molar-refractivity contribution is 0.647. The van der Waals surface area contributed by atoms with Gasteiger partial charge < -0.3 is 5.32 Å². The molecule has 0 heterocycles. The summed E-state index contributed by atoms with van der Waals surface area (Å²) < 4.78 is 0. The molecule has 0 bridgehead atoms. The third kappa shape index (κ3) is 17.3. The average Bonchev–Trinajstić information content (AvgIpc) is 2.35. The Bertz CT molecular complexity index is 236. The van der Waals surface area contributed by atoms with Crippen molar-refractivity contribution in [3.63, 3.8) is 0 Å². The molecule has 0 aliphatic heterocycles. The van der Waals surface area contributed by atoms with E-state index >= 15 is 0 Å². The van der Waals surface area contributed by atoms with E-state index in [0.29, 0.717) is 0 Å². The maximum Gasteiger partial charge on any atom is -0.0167 e. The molecule has 0 saturated carbocycles. The highest BCUT2D eigenvalue weighted by molar-refractivity contribution is 5.22. The van der Waals surface area contributed by atoms with Gasteiger partial charge in [-0.2, -0.15) is 0 Å². The van der Waals surface area contributed by atoms with Crippen molar-refractivity contribution in [2.24, 2.45) is 0 Å². The molecule has 0 aliphatic carbocycles. The zero-order valence-corrected chi connectivity index (χ0v) is 12.5. The molecule has 0 aromatic carbocycles. The summed E-state index contributed by atoms with van der Waals surface area (Å²) in [5.74, 6) is 0. The third-order valence-electron chi connectivity index (χ3n) is 2.34. The fourth-order valence-corrected chi connectivity index (χ4v) is 1.56. The number of unbranched alkanes of at least 4 members (excludes halogenated alkanes) is 4. The van der Waals surface area contributed by atoms with Crippen molar-refractivity contribution in [1.29, 1.82) is 0 Å². The molecule has 1 heteroatoms. The van der Waals surface area contributed by atoms with E-state index in [-0.39, 0.29) is 0 Å². The Kier molecular flexibility index (Phi) is 19.6. The Morgan fingerprint density at radius 2 is 1.67 bits per heavy atom. The monoisotopic (exact) mass is 249 g/mol. The van der Waals surface area contributed by atoms with E-state index in [0.717, 1.165) is 6.42 Å². The SMILES string of the molecule is C=C/C=C(\C=C/C)CCCCCCC=C.CNC. The zero-order chi connectivity index (χ0) is 14.1. The highest BCUT2D eigenvalue weighted by Crippen LogP contribution is 2.12. The van der Waals surface area contributed by atoms with E-state index in [2.05, 4.69) is 43.6 Å². The fourth-order valence-electron chi connectivity index (χ4n) is 1.56. The summed E-state index contributed by atoms with van der Waals surface area (Å²) in [5.41, 5.74) is 1.39. The first-order valence-corrected chi connectivity index (χ1v) is 6.90. The number of hydrogen-bond acceptors (Lipinski definition) is 1. The first-order chi connectivity index (χ1) is 8.76. The normalized spacial score (nSPS) is 10.9. The highest BCUT2D eigenvalue weighted by Gasteiger charge is 1.92. The summed E-state index contributed by atoms with van der Waals surface area (Å²) in [5, 5.41) is 2.75. The summed E-state index contributed by atoms with van der Waals surface area (Å²) in [7, 11) is 3.75.